The first-order valence-corrected chi connectivity index (χ1v) is 10.8. The minimum Gasteiger partial charge on any atom is -0.377 e. The van der Waals surface area contributed by atoms with Crippen LogP contribution in [-0.2, 0) is 4.74 Å². The van der Waals surface area contributed by atoms with Crippen molar-refractivity contribution in [2.75, 3.05) is 13.2 Å². The molecule has 1 saturated carbocycles. The van der Waals surface area contributed by atoms with E-state index in [4.69, 9.17) is 4.74 Å². The molecule has 4 atom stereocenters. The predicted molar refractivity (Wildman–Crippen MR) is 102 cm³/mol. The van der Waals surface area contributed by atoms with E-state index in [0.29, 0.717) is 11.6 Å². The molecule has 2 heterocycles. The molecule has 2 aliphatic heterocycles. The van der Waals surface area contributed by atoms with Crippen LogP contribution >= 0.6 is 0 Å². The lowest BCUT2D eigenvalue weighted by Gasteiger charge is -2.64. The van der Waals surface area contributed by atoms with Crippen molar-refractivity contribution in [3.05, 3.63) is 0 Å². The van der Waals surface area contributed by atoms with Gasteiger partial charge in [-0.15, -0.1) is 0 Å². The largest absolute Gasteiger partial charge is 0.377 e. The Kier molecular flexibility index (Phi) is 5.97. The minimum atomic E-state index is 0.365. The zero-order valence-corrected chi connectivity index (χ0v) is 16.9. The average Bonchev–Trinajstić information content (AvgIpc) is 2.53. The third-order valence-corrected chi connectivity index (χ3v) is 7.23. The monoisotopic (exact) mass is 335 g/mol. The Balaban J connectivity index is 1.87. The van der Waals surface area contributed by atoms with Gasteiger partial charge in [0.25, 0.3) is 0 Å². The maximum Gasteiger partial charge on any atom is 0.0714 e. The molecule has 2 saturated heterocycles. The summed E-state index contributed by atoms with van der Waals surface area (Å²) in [6.45, 7) is 14.1. The van der Waals surface area contributed by atoms with E-state index in [2.05, 4.69) is 39.5 Å². The quantitative estimate of drug-likeness (QED) is 0.674. The zero-order chi connectivity index (χ0) is 17.3. The van der Waals surface area contributed by atoms with Crippen LogP contribution in [0.25, 0.3) is 0 Å². The van der Waals surface area contributed by atoms with E-state index < -0.39 is 0 Å². The Bertz CT molecular complexity index is 401. The molecule has 1 aliphatic carbocycles. The topological polar surface area (TPSA) is 12.5 Å². The Hall–Kier alpha value is -0.0800. The van der Waals surface area contributed by atoms with Gasteiger partial charge in [0.15, 0.2) is 0 Å². The second-order valence-corrected chi connectivity index (χ2v) is 9.95. The molecule has 140 valence electrons. The van der Waals surface area contributed by atoms with E-state index in [9.17, 15) is 0 Å². The third kappa shape index (κ3) is 3.56. The molecule has 1 spiro atoms. The van der Waals surface area contributed by atoms with Crippen molar-refractivity contribution < 1.29 is 4.74 Å². The van der Waals surface area contributed by atoms with E-state index in [0.717, 1.165) is 42.9 Å². The predicted octanol–water partition coefficient (Wildman–Crippen LogP) is 5.51. The second-order valence-electron chi connectivity index (χ2n) is 9.95. The van der Waals surface area contributed by atoms with Crippen molar-refractivity contribution in [1.82, 2.24) is 4.90 Å². The van der Waals surface area contributed by atoms with Gasteiger partial charge in [-0.05, 0) is 56.8 Å². The fourth-order valence-electron chi connectivity index (χ4n) is 6.37. The average molecular weight is 336 g/mol. The van der Waals surface area contributed by atoms with Crippen LogP contribution in [0.4, 0.5) is 0 Å². The van der Waals surface area contributed by atoms with Crippen molar-refractivity contribution in [2.24, 2.45) is 23.7 Å². The Labute approximate surface area is 150 Å². The van der Waals surface area contributed by atoms with Crippen molar-refractivity contribution >= 4 is 0 Å². The highest BCUT2D eigenvalue weighted by Crippen LogP contribution is 2.51. The molecule has 0 aromatic rings. The van der Waals surface area contributed by atoms with E-state index in [1.54, 1.807) is 0 Å². The summed E-state index contributed by atoms with van der Waals surface area (Å²) in [6, 6.07) is 1.42. The van der Waals surface area contributed by atoms with Gasteiger partial charge in [0.1, 0.15) is 0 Å². The van der Waals surface area contributed by atoms with Gasteiger partial charge in [-0.2, -0.15) is 0 Å². The molecule has 2 nitrogen and oxygen atoms in total. The number of hydrogen-bond donors (Lipinski definition) is 0. The highest BCUT2D eigenvalue weighted by Gasteiger charge is 2.57. The Morgan fingerprint density at radius 3 is 2.21 bits per heavy atom. The summed E-state index contributed by atoms with van der Waals surface area (Å²) in [7, 11) is 0. The highest BCUT2D eigenvalue weighted by atomic mass is 16.5. The smallest absolute Gasteiger partial charge is 0.0714 e. The number of rotatable bonds is 3. The molecule has 2 heteroatoms. The molecule has 24 heavy (non-hydrogen) atoms. The van der Waals surface area contributed by atoms with Gasteiger partial charge in [0, 0.05) is 12.1 Å². The molecule has 4 unspecified atom stereocenters. The van der Waals surface area contributed by atoms with E-state index in [-0.39, 0.29) is 0 Å². The molecular formula is C22H41NO. The fraction of sp³-hybridized carbons (Fsp3) is 1.00. The first-order chi connectivity index (χ1) is 11.4. The summed E-state index contributed by atoms with van der Waals surface area (Å²) in [4.78, 5) is 2.93. The number of nitrogens with zero attached hydrogens (tertiary/aromatic N) is 1. The van der Waals surface area contributed by atoms with Crippen LogP contribution in [-0.4, -0.2) is 35.7 Å². The molecule has 3 rings (SSSR count). The van der Waals surface area contributed by atoms with E-state index >= 15 is 0 Å². The number of ether oxygens (including phenoxy) is 1. The van der Waals surface area contributed by atoms with Gasteiger partial charge < -0.3 is 4.74 Å². The zero-order valence-electron chi connectivity index (χ0n) is 16.9. The van der Waals surface area contributed by atoms with Crippen LogP contribution < -0.4 is 0 Å². The lowest BCUT2D eigenvalue weighted by atomic mass is 9.63. The number of piperidine rings is 1. The summed E-state index contributed by atoms with van der Waals surface area (Å²) in [5.74, 6) is 3.55. The van der Waals surface area contributed by atoms with E-state index in [1.165, 1.54) is 51.4 Å². The summed E-state index contributed by atoms with van der Waals surface area (Å²) in [6.07, 6.45) is 11.5. The number of likely N-dealkylation sites (tertiary alicyclic amines) is 1. The van der Waals surface area contributed by atoms with Gasteiger partial charge in [-0.1, -0.05) is 52.9 Å². The fourth-order valence-corrected chi connectivity index (χ4v) is 6.37. The van der Waals surface area contributed by atoms with Crippen LogP contribution in [0.2, 0.25) is 0 Å². The summed E-state index contributed by atoms with van der Waals surface area (Å²) < 4.78 is 5.88. The molecule has 3 fully saturated rings. The van der Waals surface area contributed by atoms with Gasteiger partial charge in [0.2, 0.25) is 0 Å². The van der Waals surface area contributed by atoms with E-state index in [1.807, 2.05) is 0 Å². The van der Waals surface area contributed by atoms with Crippen LogP contribution in [0.3, 0.4) is 0 Å². The summed E-state index contributed by atoms with van der Waals surface area (Å²) in [5, 5.41) is 0. The van der Waals surface area contributed by atoms with Gasteiger partial charge in [-0.25, -0.2) is 0 Å². The highest BCUT2D eigenvalue weighted by molar-refractivity contribution is 5.10. The normalized spacial score (nSPS) is 37.6. The standard InChI is InChI=1S/C22H41NO/c1-16(2)12-20-13-19-10-6-8-18(5)9-7-11-21(19)22(14-24-15-22)23(20)17(3)4/h16-21H,6-15H2,1-5H3. The minimum absolute atomic E-state index is 0.365. The molecule has 3 aliphatic rings. The first-order valence-electron chi connectivity index (χ1n) is 10.8. The first kappa shape index (κ1) is 18.7. The second kappa shape index (κ2) is 7.66. The number of hydrogen-bond acceptors (Lipinski definition) is 2. The van der Waals surface area contributed by atoms with Gasteiger partial charge in [-0.3, -0.25) is 4.90 Å². The van der Waals surface area contributed by atoms with Crippen LogP contribution in [0.1, 0.15) is 86.0 Å². The molecule has 0 aromatic carbocycles. The SMILES string of the molecule is CC(C)CC1CC2CCCC(C)CCCC2C2(COC2)N1C(C)C. The van der Waals surface area contributed by atoms with Crippen LogP contribution in [0, 0.1) is 23.7 Å². The molecule has 0 N–H and O–H groups in total. The molecule has 0 aromatic heterocycles. The number of fused-ring (bicyclic) bond motifs is 2. The summed E-state index contributed by atoms with van der Waals surface area (Å²) >= 11 is 0. The Morgan fingerprint density at radius 1 is 1.00 bits per heavy atom. The lowest BCUT2D eigenvalue weighted by Crippen LogP contribution is -2.74. The van der Waals surface area contributed by atoms with Crippen LogP contribution in [0.15, 0.2) is 0 Å². The molecular weight excluding hydrogens is 294 g/mol. The third-order valence-electron chi connectivity index (χ3n) is 7.23. The maximum atomic E-state index is 5.88. The molecule has 0 amide bonds. The van der Waals surface area contributed by atoms with Crippen molar-refractivity contribution in [2.45, 2.75) is 104 Å². The van der Waals surface area contributed by atoms with Crippen molar-refractivity contribution in [3.63, 3.8) is 0 Å². The summed E-state index contributed by atoms with van der Waals surface area (Å²) in [5.41, 5.74) is 0.365. The lowest BCUT2D eigenvalue weighted by molar-refractivity contribution is -0.227. The molecule has 0 radical (unpaired) electrons. The van der Waals surface area contributed by atoms with Crippen molar-refractivity contribution in [3.8, 4) is 0 Å². The van der Waals surface area contributed by atoms with Crippen molar-refractivity contribution in [1.29, 1.82) is 0 Å². The Morgan fingerprint density at radius 2 is 1.67 bits per heavy atom. The maximum absolute atomic E-state index is 5.88. The molecule has 0 bridgehead atoms. The van der Waals surface area contributed by atoms with Crippen LogP contribution in [0.5, 0.6) is 0 Å². The van der Waals surface area contributed by atoms with Gasteiger partial charge >= 0.3 is 0 Å². The van der Waals surface area contributed by atoms with Gasteiger partial charge in [0.05, 0.1) is 18.8 Å².